The van der Waals surface area contributed by atoms with Crippen LogP contribution in [-0.4, -0.2) is 60.3 Å². The summed E-state index contributed by atoms with van der Waals surface area (Å²) in [6.07, 6.45) is -1.83. The van der Waals surface area contributed by atoms with E-state index in [4.69, 9.17) is 20.1 Å². The van der Waals surface area contributed by atoms with Crippen LogP contribution in [0.3, 0.4) is 0 Å². The number of aliphatic hydroxyl groups is 1. The van der Waals surface area contributed by atoms with Crippen LogP contribution >= 0.6 is 0 Å². The Hall–Kier alpha value is 0.826. The number of hydrogen-bond acceptors (Lipinski definition) is 2. The third-order valence-electron chi connectivity index (χ3n) is 0.771. The first kappa shape index (κ1) is 18.6. The Morgan fingerprint density at radius 1 is 1.33 bits per heavy atom. The van der Waals surface area contributed by atoms with E-state index in [1.165, 1.54) is 0 Å². The molecule has 0 atom stereocenters. The molecule has 0 aromatic heterocycles. The van der Waals surface area contributed by atoms with Crippen molar-refractivity contribution >= 4 is 6.16 Å². The van der Waals surface area contributed by atoms with Crippen molar-refractivity contribution < 1.29 is 77.4 Å². The fourth-order valence-corrected chi connectivity index (χ4v) is 0.300. The molecule has 0 aliphatic rings. The maximum absolute atomic E-state index is 8.56. The van der Waals surface area contributed by atoms with Gasteiger partial charge in [0.1, 0.15) is 6.54 Å². The molecule has 70 valence electrons. The van der Waals surface area contributed by atoms with E-state index in [1.54, 1.807) is 0 Å². The minimum atomic E-state index is -1.83. The molecule has 5 nitrogen and oxygen atoms in total. The van der Waals surface area contributed by atoms with E-state index in [9.17, 15) is 0 Å². The fourth-order valence-electron chi connectivity index (χ4n) is 0.300. The van der Waals surface area contributed by atoms with Crippen LogP contribution in [0.4, 0.5) is 4.79 Å². The molecule has 0 bridgehead atoms. The summed E-state index contributed by atoms with van der Waals surface area (Å²) < 4.78 is 0.844. The predicted molar refractivity (Wildman–Crippen MR) is 41.8 cm³/mol. The van der Waals surface area contributed by atoms with Crippen LogP contribution in [0, 0.1) is 0 Å². The quantitative estimate of drug-likeness (QED) is 0.333. The average molecular weight is 206 g/mol. The molecule has 0 fully saturated rings. The summed E-state index contributed by atoms with van der Waals surface area (Å²) in [4.78, 5) is 8.56. The largest absolute Gasteiger partial charge is 1.00 e. The molecular formula is C6H17KNO4+. The van der Waals surface area contributed by atoms with E-state index in [0.29, 0.717) is 0 Å². The first-order valence-electron chi connectivity index (χ1n) is 3.13. The Morgan fingerprint density at radius 2 is 1.58 bits per heavy atom. The SMILES string of the molecule is C[N+](C)(C)CCO.O=C(O)O.[H-].[K+]. The van der Waals surface area contributed by atoms with Crippen molar-refractivity contribution in [1.29, 1.82) is 0 Å². The van der Waals surface area contributed by atoms with E-state index >= 15 is 0 Å². The smallest absolute Gasteiger partial charge is 1.00 e. The standard InChI is InChI=1S/C5H14NO.CH2O3.K.H/c1-6(2,3)4-5-7;2-1(3)4;;/h7H,4-5H2,1-3H3;(H2,2,3,4);;/q+1;;+1;-1. The van der Waals surface area contributed by atoms with Gasteiger partial charge in [0.2, 0.25) is 0 Å². The Morgan fingerprint density at radius 3 is 1.58 bits per heavy atom. The number of quaternary nitrogens is 1. The van der Waals surface area contributed by atoms with Crippen molar-refractivity contribution in [3.8, 4) is 0 Å². The van der Waals surface area contributed by atoms with Gasteiger partial charge in [0.25, 0.3) is 0 Å². The molecule has 0 aliphatic carbocycles. The van der Waals surface area contributed by atoms with Crippen LogP contribution in [0.25, 0.3) is 0 Å². The van der Waals surface area contributed by atoms with Gasteiger partial charge >= 0.3 is 57.5 Å². The Kier molecular flexibility index (Phi) is 15.3. The first-order valence-corrected chi connectivity index (χ1v) is 3.13. The number of hydrogen-bond donors (Lipinski definition) is 3. The van der Waals surface area contributed by atoms with E-state index in [2.05, 4.69) is 21.1 Å². The number of rotatable bonds is 2. The summed E-state index contributed by atoms with van der Waals surface area (Å²) in [5.74, 6) is 0. The topological polar surface area (TPSA) is 77.8 Å². The van der Waals surface area contributed by atoms with Crippen molar-refractivity contribution in [2.75, 3.05) is 34.3 Å². The summed E-state index contributed by atoms with van der Waals surface area (Å²) in [6, 6.07) is 0. The number of aliphatic hydroxyl groups excluding tert-OH is 1. The van der Waals surface area contributed by atoms with Crippen molar-refractivity contribution in [3.63, 3.8) is 0 Å². The van der Waals surface area contributed by atoms with Crippen molar-refractivity contribution in [3.05, 3.63) is 0 Å². The molecule has 0 aromatic carbocycles. The van der Waals surface area contributed by atoms with E-state index in [1.807, 2.05) is 0 Å². The zero-order chi connectivity index (χ0) is 9.49. The van der Waals surface area contributed by atoms with Gasteiger partial charge in [0.05, 0.1) is 27.7 Å². The third kappa shape index (κ3) is 44.9. The molecule has 0 heterocycles. The van der Waals surface area contributed by atoms with Crippen molar-refractivity contribution in [1.82, 2.24) is 0 Å². The zero-order valence-electron chi connectivity index (χ0n) is 9.11. The molecular weight excluding hydrogens is 189 g/mol. The van der Waals surface area contributed by atoms with Crippen LogP contribution in [0.5, 0.6) is 0 Å². The van der Waals surface area contributed by atoms with E-state index < -0.39 is 6.16 Å². The van der Waals surface area contributed by atoms with Gasteiger partial charge in [-0.15, -0.1) is 0 Å². The molecule has 0 saturated carbocycles. The molecule has 3 N–H and O–H groups in total. The Labute approximate surface area is 116 Å². The molecule has 0 amide bonds. The third-order valence-corrected chi connectivity index (χ3v) is 0.771. The van der Waals surface area contributed by atoms with Gasteiger partial charge in [0, 0.05) is 0 Å². The van der Waals surface area contributed by atoms with Crippen LogP contribution in [0.1, 0.15) is 1.43 Å². The van der Waals surface area contributed by atoms with Crippen LogP contribution in [-0.2, 0) is 0 Å². The van der Waals surface area contributed by atoms with Gasteiger partial charge in [-0.2, -0.15) is 0 Å². The van der Waals surface area contributed by atoms with Gasteiger partial charge in [-0.3, -0.25) is 0 Å². The summed E-state index contributed by atoms with van der Waals surface area (Å²) in [5.41, 5.74) is 0. The van der Waals surface area contributed by atoms with Gasteiger partial charge < -0.3 is 21.2 Å². The molecule has 12 heavy (non-hydrogen) atoms. The van der Waals surface area contributed by atoms with Crippen molar-refractivity contribution in [2.45, 2.75) is 0 Å². The van der Waals surface area contributed by atoms with Gasteiger partial charge in [-0.1, -0.05) is 0 Å². The van der Waals surface area contributed by atoms with Crippen LogP contribution < -0.4 is 51.4 Å². The summed E-state index contributed by atoms with van der Waals surface area (Å²) in [6.45, 7) is 1.11. The second kappa shape index (κ2) is 9.91. The molecule has 0 aromatic rings. The van der Waals surface area contributed by atoms with Crippen LogP contribution in [0.2, 0.25) is 0 Å². The molecule has 0 unspecified atom stereocenters. The fraction of sp³-hybridized carbons (Fsp3) is 0.833. The number of nitrogens with zero attached hydrogens (tertiary/aromatic N) is 1. The molecule has 0 radical (unpaired) electrons. The normalized spacial score (nSPS) is 9.00. The van der Waals surface area contributed by atoms with Gasteiger partial charge in [0.15, 0.2) is 0 Å². The summed E-state index contributed by atoms with van der Waals surface area (Å²) >= 11 is 0. The average Bonchev–Trinajstić information content (AvgIpc) is 1.58. The van der Waals surface area contributed by atoms with E-state index in [-0.39, 0.29) is 59.4 Å². The van der Waals surface area contributed by atoms with Gasteiger partial charge in [-0.05, 0) is 0 Å². The van der Waals surface area contributed by atoms with Crippen LogP contribution in [0.15, 0.2) is 0 Å². The molecule has 0 aliphatic heterocycles. The maximum Gasteiger partial charge on any atom is 1.00 e. The summed E-state index contributed by atoms with van der Waals surface area (Å²) in [5, 5.41) is 22.3. The Balaban J connectivity index is -0.0000000600. The Bertz CT molecular complexity index is 114. The second-order valence-corrected chi connectivity index (χ2v) is 3.02. The zero-order valence-corrected chi connectivity index (χ0v) is 11.2. The number of likely N-dealkylation sites (N-methyl/N-ethyl adjacent to an activating group) is 1. The van der Waals surface area contributed by atoms with Gasteiger partial charge in [-0.25, -0.2) is 4.79 Å². The first-order chi connectivity index (χ1) is 4.79. The summed E-state index contributed by atoms with van der Waals surface area (Å²) in [7, 11) is 6.16. The predicted octanol–water partition coefficient (Wildman–Crippen LogP) is -2.98. The minimum Gasteiger partial charge on any atom is -1.00 e. The number of carboxylic acid groups (broad SMARTS) is 2. The maximum atomic E-state index is 8.56. The monoisotopic (exact) mass is 206 g/mol. The molecule has 0 rings (SSSR count). The molecule has 6 heteroatoms. The van der Waals surface area contributed by atoms with Crippen molar-refractivity contribution in [2.24, 2.45) is 0 Å². The second-order valence-electron chi connectivity index (χ2n) is 3.02. The number of carbonyl (C=O) groups is 1. The molecule has 0 saturated heterocycles. The molecule has 0 spiro atoms. The minimum absolute atomic E-state index is 0. The van der Waals surface area contributed by atoms with E-state index in [0.717, 1.165) is 11.0 Å².